The van der Waals surface area contributed by atoms with Crippen LogP contribution < -0.4 is 5.32 Å². The van der Waals surface area contributed by atoms with Crippen molar-refractivity contribution in [3.63, 3.8) is 0 Å². The van der Waals surface area contributed by atoms with Gasteiger partial charge in [0.2, 0.25) is 0 Å². The van der Waals surface area contributed by atoms with Gasteiger partial charge < -0.3 is 14.8 Å². The molecule has 2 N–H and O–H groups in total. The van der Waals surface area contributed by atoms with Crippen LogP contribution in [-0.4, -0.2) is 17.6 Å². The largest absolute Gasteiger partial charge is 0.456 e. The maximum atomic E-state index is 11.8. The van der Waals surface area contributed by atoms with Crippen LogP contribution in [0.3, 0.4) is 0 Å². The Morgan fingerprint density at radius 1 is 1.22 bits per heavy atom. The summed E-state index contributed by atoms with van der Waals surface area (Å²) in [6, 6.07) is 10.7. The molecule has 2 rings (SSSR count). The summed E-state index contributed by atoms with van der Waals surface area (Å²) in [4.78, 5) is 11.8. The molecule has 0 spiro atoms. The quantitative estimate of drug-likeness (QED) is 0.869. The summed E-state index contributed by atoms with van der Waals surface area (Å²) in [5.74, 6) is 0.739. The number of rotatable bonds is 4. The van der Waals surface area contributed by atoms with Crippen molar-refractivity contribution in [3.05, 3.63) is 53.5 Å². The molecule has 0 aliphatic heterocycles. The van der Waals surface area contributed by atoms with E-state index >= 15 is 0 Å². The Balaban J connectivity index is 2.03. The smallest absolute Gasteiger partial charge is 0.291 e. The highest BCUT2D eigenvalue weighted by molar-refractivity contribution is 6.02. The molecule has 18 heavy (non-hydrogen) atoms. The number of aryl methyl sites for hydroxylation is 1. The standard InChI is InChI=1S/C14H15NO3/c1-10-2-7-13(18-10)14(17)15-12-5-3-11(4-6-12)8-9-16/h2-7,16H,8-9H2,1H3,(H,15,17). The molecule has 2 aromatic rings. The summed E-state index contributed by atoms with van der Waals surface area (Å²) in [5, 5.41) is 11.5. The lowest BCUT2D eigenvalue weighted by molar-refractivity contribution is 0.0995. The van der Waals surface area contributed by atoms with Crippen LogP contribution in [-0.2, 0) is 6.42 Å². The Morgan fingerprint density at radius 3 is 2.50 bits per heavy atom. The van der Waals surface area contributed by atoms with Gasteiger partial charge in [-0.25, -0.2) is 0 Å². The lowest BCUT2D eigenvalue weighted by Gasteiger charge is -2.04. The highest BCUT2D eigenvalue weighted by Gasteiger charge is 2.09. The average molecular weight is 245 g/mol. The van der Waals surface area contributed by atoms with Gasteiger partial charge in [-0.2, -0.15) is 0 Å². The minimum absolute atomic E-state index is 0.122. The molecule has 0 saturated heterocycles. The van der Waals surface area contributed by atoms with Crippen molar-refractivity contribution in [3.8, 4) is 0 Å². The number of aliphatic hydroxyl groups excluding tert-OH is 1. The zero-order valence-corrected chi connectivity index (χ0v) is 10.1. The first-order valence-electron chi connectivity index (χ1n) is 5.76. The predicted molar refractivity (Wildman–Crippen MR) is 68.6 cm³/mol. The van der Waals surface area contributed by atoms with E-state index in [2.05, 4.69) is 5.32 Å². The van der Waals surface area contributed by atoms with Crippen LogP contribution in [0, 0.1) is 6.92 Å². The third-order valence-electron chi connectivity index (χ3n) is 2.58. The fraction of sp³-hybridized carbons (Fsp3) is 0.214. The van der Waals surface area contributed by atoms with Gasteiger partial charge in [-0.3, -0.25) is 4.79 Å². The van der Waals surface area contributed by atoms with Gasteiger partial charge in [0.15, 0.2) is 5.76 Å². The van der Waals surface area contributed by atoms with Crippen molar-refractivity contribution in [1.82, 2.24) is 0 Å². The number of anilines is 1. The molecule has 1 amide bonds. The van der Waals surface area contributed by atoms with E-state index in [0.717, 1.165) is 5.56 Å². The molecule has 4 heteroatoms. The fourth-order valence-corrected chi connectivity index (χ4v) is 1.63. The number of furan rings is 1. The summed E-state index contributed by atoms with van der Waals surface area (Å²) >= 11 is 0. The van der Waals surface area contributed by atoms with Gasteiger partial charge in [-0.1, -0.05) is 12.1 Å². The Labute approximate surface area is 105 Å². The van der Waals surface area contributed by atoms with Crippen LogP contribution in [0.15, 0.2) is 40.8 Å². The molecule has 0 atom stereocenters. The van der Waals surface area contributed by atoms with Crippen molar-refractivity contribution >= 4 is 11.6 Å². The van der Waals surface area contributed by atoms with Gasteiger partial charge in [0.05, 0.1) is 0 Å². The fourth-order valence-electron chi connectivity index (χ4n) is 1.63. The van der Waals surface area contributed by atoms with Gasteiger partial charge in [0.25, 0.3) is 5.91 Å². The normalized spacial score (nSPS) is 10.3. The Hall–Kier alpha value is -2.07. The number of nitrogens with one attached hydrogen (secondary N) is 1. The molecule has 0 aliphatic carbocycles. The average Bonchev–Trinajstić information content (AvgIpc) is 2.79. The number of carbonyl (C=O) groups is 1. The van der Waals surface area contributed by atoms with E-state index in [0.29, 0.717) is 23.6 Å². The summed E-state index contributed by atoms with van der Waals surface area (Å²) in [6.45, 7) is 1.91. The van der Waals surface area contributed by atoms with Crippen molar-refractivity contribution in [1.29, 1.82) is 0 Å². The monoisotopic (exact) mass is 245 g/mol. The molecule has 0 bridgehead atoms. The summed E-state index contributed by atoms with van der Waals surface area (Å²) in [7, 11) is 0. The second-order valence-corrected chi connectivity index (χ2v) is 4.03. The highest BCUT2D eigenvalue weighted by Crippen LogP contribution is 2.13. The first-order valence-corrected chi connectivity index (χ1v) is 5.76. The Morgan fingerprint density at radius 2 is 1.94 bits per heavy atom. The van der Waals surface area contributed by atoms with E-state index in [-0.39, 0.29) is 12.5 Å². The number of aliphatic hydroxyl groups is 1. The molecular formula is C14H15NO3. The highest BCUT2D eigenvalue weighted by atomic mass is 16.3. The lowest BCUT2D eigenvalue weighted by atomic mass is 10.1. The van der Waals surface area contributed by atoms with Crippen molar-refractivity contribution in [2.75, 3.05) is 11.9 Å². The van der Waals surface area contributed by atoms with E-state index in [9.17, 15) is 4.79 Å². The number of hydrogen-bond acceptors (Lipinski definition) is 3. The van der Waals surface area contributed by atoms with Crippen LogP contribution in [0.2, 0.25) is 0 Å². The number of hydrogen-bond donors (Lipinski definition) is 2. The van der Waals surface area contributed by atoms with Crippen LogP contribution in [0.4, 0.5) is 5.69 Å². The summed E-state index contributed by atoms with van der Waals surface area (Å²) in [5.41, 5.74) is 1.74. The van der Waals surface area contributed by atoms with Gasteiger partial charge in [0.1, 0.15) is 5.76 Å². The zero-order valence-electron chi connectivity index (χ0n) is 10.1. The molecular weight excluding hydrogens is 230 g/mol. The van der Waals surface area contributed by atoms with E-state index < -0.39 is 0 Å². The van der Waals surface area contributed by atoms with Gasteiger partial charge in [-0.05, 0) is 43.2 Å². The molecule has 0 aliphatic rings. The van der Waals surface area contributed by atoms with Crippen LogP contribution in [0.5, 0.6) is 0 Å². The molecule has 0 fully saturated rings. The molecule has 0 radical (unpaired) electrons. The molecule has 1 aromatic heterocycles. The van der Waals surface area contributed by atoms with E-state index in [4.69, 9.17) is 9.52 Å². The SMILES string of the molecule is Cc1ccc(C(=O)Nc2ccc(CCO)cc2)o1. The molecule has 0 saturated carbocycles. The molecule has 94 valence electrons. The van der Waals surface area contributed by atoms with Gasteiger partial charge >= 0.3 is 0 Å². The topological polar surface area (TPSA) is 62.5 Å². The van der Waals surface area contributed by atoms with Crippen LogP contribution in [0.1, 0.15) is 21.9 Å². The van der Waals surface area contributed by atoms with Gasteiger partial charge in [-0.15, -0.1) is 0 Å². The Bertz CT molecular complexity index is 528. The van der Waals surface area contributed by atoms with E-state index in [1.54, 1.807) is 31.2 Å². The number of benzene rings is 1. The van der Waals surface area contributed by atoms with Crippen molar-refractivity contribution in [2.45, 2.75) is 13.3 Å². The third kappa shape index (κ3) is 2.99. The summed E-state index contributed by atoms with van der Waals surface area (Å²) in [6.07, 6.45) is 0.617. The maximum Gasteiger partial charge on any atom is 0.291 e. The first-order chi connectivity index (χ1) is 8.69. The van der Waals surface area contributed by atoms with Crippen molar-refractivity contribution in [2.24, 2.45) is 0 Å². The van der Waals surface area contributed by atoms with Gasteiger partial charge in [0, 0.05) is 12.3 Å². The predicted octanol–water partition coefficient (Wildman–Crippen LogP) is 2.38. The molecule has 4 nitrogen and oxygen atoms in total. The van der Waals surface area contributed by atoms with Crippen LogP contribution in [0.25, 0.3) is 0 Å². The molecule has 1 heterocycles. The second kappa shape index (κ2) is 5.51. The van der Waals surface area contributed by atoms with Crippen molar-refractivity contribution < 1.29 is 14.3 Å². The molecule has 0 unspecified atom stereocenters. The minimum atomic E-state index is -0.266. The summed E-state index contributed by atoms with van der Waals surface area (Å²) < 4.78 is 5.23. The number of carbonyl (C=O) groups excluding carboxylic acids is 1. The molecule has 1 aromatic carbocycles. The number of amides is 1. The minimum Gasteiger partial charge on any atom is -0.456 e. The second-order valence-electron chi connectivity index (χ2n) is 4.03. The lowest BCUT2D eigenvalue weighted by Crippen LogP contribution is -2.10. The Kier molecular flexibility index (Phi) is 3.79. The first kappa shape index (κ1) is 12.4. The van der Waals surface area contributed by atoms with E-state index in [1.165, 1.54) is 0 Å². The van der Waals surface area contributed by atoms with Crippen LogP contribution >= 0.6 is 0 Å². The van der Waals surface area contributed by atoms with E-state index in [1.807, 2.05) is 12.1 Å². The maximum absolute atomic E-state index is 11.8. The third-order valence-corrected chi connectivity index (χ3v) is 2.58. The zero-order chi connectivity index (χ0) is 13.0.